The van der Waals surface area contributed by atoms with Crippen molar-refractivity contribution in [2.24, 2.45) is 0 Å². The lowest BCUT2D eigenvalue weighted by Crippen LogP contribution is -2.34. The zero-order valence-corrected chi connectivity index (χ0v) is 15.1. The van der Waals surface area contributed by atoms with Crippen LogP contribution in [0.1, 0.15) is 30.0 Å². The molecule has 0 bridgehead atoms. The van der Waals surface area contributed by atoms with Gasteiger partial charge in [0.05, 0.1) is 11.0 Å². The molecule has 28 heavy (non-hydrogen) atoms. The number of hydrogen-bond donors (Lipinski definition) is 1. The minimum Gasteiger partial charge on any atom is -0.482 e. The Morgan fingerprint density at radius 2 is 1.86 bits per heavy atom. The number of carbonyl (C=O) groups excluding carboxylic acids is 2. The van der Waals surface area contributed by atoms with E-state index < -0.39 is 17.5 Å². The predicted molar refractivity (Wildman–Crippen MR) is 99.8 cm³/mol. The van der Waals surface area contributed by atoms with E-state index in [0.717, 1.165) is 24.8 Å². The lowest BCUT2D eigenvalue weighted by Gasteiger charge is -2.26. The average molecular weight is 384 g/mol. The number of non-ortho nitro benzene ring substituents is 1. The Morgan fingerprint density at radius 3 is 2.61 bits per heavy atom. The molecule has 3 rings (SSSR count). The maximum atomic E-state index is 12.1. The van der Waals surface area contributed by atoms with Gasteiger partial charge in [-0.25, -0.2) is 4.79 Å². The monoisotopic (exact) mass is 384 g/mol. The lowest BCUT2D eigenvalue weighted by molar-refractivity contribution is -0.384. The van der Waals surface area contributed by atoms with Crippen LogP contribution in [0.25, 0.3) is 0 Å². The lowest BCUT2D eigenvalue weighted by atomic mass is 9.88. The van der Waals surface area contributed by atoms with Crippen LogP contribution < -0.4 is 10.1 Å². The van der Waals surface area contributed by atoms with E-state index in [9.17, 15) is 19.7 Å². The molecule has 0 saturated carbocycles. The number of nitro benzene ring substituents is 1. The molecule has 2 aromatic rings. The molecular formula is C20H20N2O6. The minimum atomic E-state index is -0.697. The summed E-state index contributed by atoms with van der Waals surface area (Å²) < 4.78 is 10.1. The molecule has 8 heteroatoms. The van der Waals surface area contributed by atoms with Crippen molar-refractivity contribution in [2.75, 3.05) is 13.2 Å². The standard InChI is InChI=1S/C20H20N2O6/c23-19(21-18-7-3-5-14-4-1-2-6-17(14)18)12-28-20(24)13-27-16-10-8-15(9-11-16)22(25)26/h1-2,4,6,8-11,18H,3,5,7,12-13H2,(H,21,23)/t18-/m0/s1. The summed E-state index contributed by atoms with van der Waals surface area (Å²) in [6, 6.07) is 13.2. The van der Waals surface area contributed by atoms with Crippen LogP contribution in [0.5, 0.6) is 5.75 Å². The van der Waals surface area contributed by atoms with Crippen molar-refractivity contribution in [3.05, 3.63) is 69.8 Å². The Morgan fingerprint density at radius 1 is 1.11 bits per heavy atom. The van der Waals surface area contributed by atoms with Crippen LogP contribution in [0.15, 0.2) is 48.5 Å². The van der Waals surface area contributed by atoms with Gasteiger partial charge in [0.1, 0.15) is 5.75 Å². The second-order valence-electron chi connectivity index (χ2n) is 6.41. The van der Waals surface area contributed by atoms with Crippen LogP contribution in [-0.4, -0.2) is 30.0 Å². The van der Waals surface area contributed by atoms with E-state index in [1.807, 2.05) is 18.2 Å². The third-order valence-electron chi connectivity index (χ3n) is 4.47. The molecule has 0 saturated heterocycles. The fourth-order valence-corrected chi connectivity index (χ4v) is 3.13. The zero-order valence-electron chi connectivity index (χ0n) is 15.1. The van der Waals surface area contributed by atoms with Gasteiger partial charge in [0.2, 0.25) is 0 Å². The van der Waals surface area contributed by atoms with Crippen molar-refractivity contribution < 1.29 is 24.0 Å². The van der Waals surface area contributed by atoms with Crippen LogP contribution in [0.4, 0.5) is 5.69 Å². The summed E-state index contributed by atoms with van der Waals surface area (Å²) in [4.78, 5) is 33.9. The highest BCUT2D eigenvalue weighted by atomic mass is 16.6. The van der Waals surface area contributed by atoms with E-state index in [2.05, 4.69) is 11.4 Å². The number of benzene rings is 2. The van der Waals surface area contributed by atoms with E-state index >= 15 is 0 Å². The first kappa shape index (κ1) is 19.3. The number of nitrogens with one attached hydrogen (secondary N) is 1. The van der Waals surface area contributed by atoms with Gasteiger partial charge in [0.25, 0.3) is 11.6 Å². The van der Waals surface area contributed by atoms with E-state index in [0.29, 0.717) is 5.75 Å². The summed E-state index contributed by atoms with van der Waals surface area (Å²) in [6.07, 6.45) is 2.84. The topological polar surface area (TPSA) is 108 Å². The molecular weight excluding hydrogens is 364 g/mol. The van der Waals surface area contributed by atoms with Gasteiger partial charge < -0.3 is 14.8 Å². The van der Waals surface area contributed by atoms with Crippen LogP contribution >= 0.6 is 0 Å². The molecule has 0 unspecified atom stereocenters. The van der Waals surface area contributed by atoms with Crippen LogP contribution in [-0.2, 0) is 20.7 Å². The van der Waals surface area contributed by atoms with Gasteiger partial charge in [0, 0.05) is 12.1 Å². The number of hydrogen-bond acceptors (Lipinski definition) is 6. The second-order valence-corrected chi connectivity index (χ2v) is 6.41. The van der Waals surface area contributed by atoms with E-state index in [1.165, 1.54) is 29.8 Å². The van der Waals surface area contributed by atoms with Crippen LogP contribution in [0, 0.1) is 10.1 Å². The average Bonchev–Trinajstić information content (AvgIpc) is 2.71. The van der Waals surface area contributed by atoms with Crippen molar-refractivity contribution in [3.63, 3.8) is 0 Å². The van der Waals surface area contributed by atoms with Gasteiger partial charge in [-0.3, -0.25) is 14.9 Å². The molecule has 2 aromatic carbocycles. The number of fused-ring (bicyclic) bond motifs is 1. The van der Waals surface area contributed by atoms with Crippen molar-refractivity contribution in [1.82, 2.24) is 5.32 Å². The molecule has 0 spiro atoms. The Kier molecular flexibility index (Phi) is 6.21. The van der Waals surface area contributed by atoms with E-state index in [1.54, 1.807) is 0 Å². The number of rotatable bonds is 7. The molecule has 1 N–H and O–H groups in total. The summed E-state index contributed by atoms with van der Waals surface area (Å²) in [7, 11) is 0. The summed E-state index contributed by atoms with van der Waals surface area (Å²) in [5.74, 6) is -0.770. The molecule has 1 aliphatic carbocycles. The molecule has 0 aromatic heterocycles. The number of aryl methyl sites for hydroxylation is 1. The van der Waals surface area contributed by atoms with Crippen LogP contribution in [0.2, 0.25) is 0 Å². The smallest absolute Gasteiger partial charge is 0.344 e. The third kappa shape index (κ3) is 5.06. The number of amides is 1. The quantitative estimate of drug-likeness (QED) is 0.447. The Hall–Kier alpha value is -3.42. The largest absolute Gasteiger partial charge is 0.482 e. The number of nitrogens with zero attached hydrogens (tertiary/aromatic N) is 1. The normalized spacial score (nSPS) is 15.2. The summed E-state index contributed by atoms with van der Waals surface area (Å²) in [5.41, 5.74) is 2.26. The first-order chi connectivity index (χ1) is 13.5. The Bertz CT molecular complexity index is 865. The first-order valence-electron chi connectivity index (χ1n) is 8.93. The molecule has 1 amide bonds. The summed E-state index contributed by atoms with van der Waals surface area (Å²) in [6.45, 7) is -0.779. The van der Waals surface area contributed by atoms with Crippen molar-refractivity contribution in [1.29, 1.82) is 0 Å². The number of nitro groups is 1. The number of carbonyl (C=O) groups is 2. The zero-order chi connectivity index (χ0) is 19.9. The van der Waals surface area contributed by atoms with Crippen LogP contribution in [0.3, 0.4) is 0 Å². The number of esters is 1. The highest BCUT2D eigenvalue weighted by Crippen LogP contribution is 2.29. The Labute approximate surface area is 161 Å². The SMILES string of the molecule is O=C(COC(=O)COc1ccc([N+](=O)[O-])cc1)N[C@H]1CCCc2ccccc21. The first-order valence-corrected chi connectivity index (χ1v) is 8.93. The molecule has 146 valence electrons. The van der Waals surface area contributed by atoms with Gasteiger partial charge in [-0.1, -0.05) is 24.3 Å². The minimum absolute atomic E-state index is 0.0733. The number of ether oxygens (including phenoxy) is 2. The van der Waals surface area contributed by atoms with Gasteiger partial charge >= 0.3 is 5.97 Å². The van der Waals surface area contributed by atoms with Gasteiger partial charge in [-0.05, 0) is 42.5 Å². The van der Waals surface area contributed by atoms with Gasteiger partial charge in [0.15, 0.2) is 13.2 Å². The predicted octanol–water partition coefficient (Wildman–Crippen LogP) is 2.71. The molecule has 1 aliphatic rings. The third-order valence-corrected chi connectivity index (χ3v) is 4.47. The maximum absolute atomic E-state index is 12.1. The van der Waals surface area contributed by atoms with Crippen molar-refractivity contribution in [3.8, 4) is 5.75 Å². The van der Waals surface area contributed by atoms with Gasteiger partial charge in [-0.15, -0.1) is 0 Å². The summed E-state index contributed by atoms with van der Waals surface area (Å²) >= 11 is 0. The Balaban J connectivity index is 1.42. The molecule has 0 fully saturated rings. The fourth-order valence-electron chi connectivity index (χ4n) is 3.13. The second kappa shape index (κ2) is 8.98. The fraction of sp³-hybridized carbons (Fsp3) is 0.300. The van der Waals surface area contributed by atoms with Crippen molar-refractivity contribution >= 4 is 17.6 Å². The molecule has 0 aliphatic heterocycles. The molecule has 1 atom stereocenters. The van der Waals surface area contributed by atoms with E-state index in [-0.39, 0.29) is 24.2 Å². The molecule has 0 radical (unpaired) electrons. The molecule has 8 nitrogen and oxygen atoms in total. The van der Waals surface area contributed by atoms with Crippen molar-refractivity contribution in [2.45, 2.75) is 25.3 Å². The maximum Gasteiger partial charge on any atom is 0.344 e. The molecule has 0 heterocycles. The summed E-state index contributed by atoms with van der Waals surface area (Å²) in [5, 5.41) is 13.5. The van der Waals surface area contributed by atoms with E-state index in [4.69, 9.17) is 9.47 Å². The van der Waals surface area contributed by atoms with Gasteiger partial charge in [-0.2, -0.15) is 0 Å². The highest BCUT2D eigenvalue weighted by molar-refractivity contribution is 5.81. The highest BCUT2D eigenvalue weighted by Gasteiger charge is 2.21.